The van der Waals surface area contributed by atoms with Crippen molar-refractivity contribution in [2.24, 2.45) is 0 Å². The number of carbonyl (C=O) groups is 1. The third kappa shape index (κ3) is 4.59. The molecule has 0 radical (unpaired) electrons. The fraction of sp³-hybridized carbons (Fsp3) is 0.900. The van der Waals surface area contributed by atoms with Crippen molar-refractivity contribution in [3.63, 3.8) is 0 Å². The van der Waals surface area contributed by atoms with Gasteiger partial charge in [0.15, 0.2) is 0 Å². The van der Waals surface area contributed by atoms with E-state index in [1.54, 1.807) is 7.05 Å². The SMILES string of the molecule is CNC(=O)CCNCC1(O)CCOCC1. The molecule has 0 aromatic rings. The summed E-state index contributed by atoms with van der Waals surface area (Å²) >= 11 is 0. The van der Waals surface area contributed by atoms with Crippen molar-refractivity contribution in [1.29, 1.82) is 0 Å². The molecule has 1 heterocycles. The van der Waals surface area contributed by atoms with Crippen LogP contribution in [0, 0.1) is 0 Å². The van der Waals surface area contributed by atoms with Gasteiger partial charge in [-0.3, -0.25) is 4.79 Å². The normalized spacial score (nSPS) is 19.9. The quantitative estimate of drug-likeness (QED) is 0.529. The van der Waals surface area contributed by atoms with Crippen LogP contribution >= 0.6 is 0 Å². The maximum absolute atomic E-state index is 10.9. The molecule has 88 valence electrons. The maximum atomic E-state index is 10.9. The number of rotatable bonds is 5. The summed E-state index contributed by atoms with van der Waals surface area (Å²) in [5.41, 5.74) is -0.652. The fourth-order valence-corrected chi connectivity index (χ4v) is 1.58. The Bertz CT molecular complexity index is 203. The third-order valence-electron chi connectivity index (χ3n) is 2.69. The minimum Gasteiger partial charge on any atom is -0.388 e. The second-order valence-corrected chi connectivity index (χ2v) is 3.94. The number of nitrogens with one attached hydrogen (secondary N) is 2. The summed E-state index contributed by atoms with van der Waals surface area (Å²) in [5, 5.41) is 15.7. The number of ether oxygens (including phenoxy) is 1. The molecule has 0 aliphatic carbocycles. The van der Waals surface area contributed by atoms with Crippen molar-refractivity contribution in [1.82, 2.24) is 10.6 Å². The second-order valence-electron chi connectivity index (χ2n) is 3.94. The van der Waals surface area contributed by atoms with Gasteiger partial charge in [-0.1, -0.05) is 0 Å². The van der Waals surface area contributed by atoms with Gasteiger partial charge < -0.3 is 20.5 Å². The zero-order valence-electron chi connectivity index (χ0n) is 9.21. The van der Waals surface area contributed by atoms with E-state index in [2.05, 4.69) is 10.6 Å². The molecule has 0 aromatic carbocycles. The van der Waals surface area contributed by atoms with Crippen LogP contribution in [0.15, 0.2) is 0 Å². The van der Waals surface area contributed by atoms with Crippen LogP contribution in [-0.4, -0.2) is 50.0 Å². The first-order valence-corrected chi connectivity index (χ1v) is 5.38. The molecule has 5 nitrogen and oxygen atoms in total. The lowest BCUT2D eigenvalue weighted by Crippen LogP contribution is -2.45. The zero-order valence-corrected chi connectivity index (χ0v) is 9.21. The van der Waals surface area contributed by atoms with Crippen LogP contribution < -0.4 is 10.6 Å². The highest BCUT2D eigenvalue weighted by Gasteiger charge is 2.28. The summed E-state index contributed by atoms with van der Waals surface area (Å²) in [6, 6.07) is 0. The zero-order chi connectivity index (χ0) is 11.1. The van der Waals surface area contributed by atoms with E-state index >= 15 is 0 Å². The van der Waals surface area contributed by atoms with E-state index in [4.69, 9.17) is 4.74 Å². The molecule has 3 N–H and O–H groups in total. The Morgan fingerprint density at radius 2 is 2.13 bits per heavy atom. The Morgan fingerprint density at radius 3 is 2.73 bits per heavy atom. The van der Waals surface area contributed by atoms with Gasteiger partial charge in [-0.2, -0.15) is 0 Å². The van der Waals surface area contributed by atoms with Crippen LogP contribution in [0.3, 0.4) is 0 Å². The smallest absolute Gasteiger partial charge is 0.221 e. The fourth-order valence-electron chi connectivity index (χ4n) is 1.58. The Kier molecular flexibility index (Phi) is 5.01. The summed E-state index contributed by atoms with van der Waals surface area (Å²) in [5.74, 6) is 0.0152. The second kappa shape index (κ2) is 6.05. The van der Waals surface area contributed by atoms with Crippen molar-refractivity contribution in [3.8, 4) is 0 Å². The van der Waals surface area contributed by atoms with Gasteiger partial charge >= 0.3 is 0 Å². The van der Waals surface area contributed by atoms with Gasteiger partial charge in [0.25, 0.3) is 0 Å². The van der Waals surface area contributed by atoms with E-state index in [1.165, 1.54) is 0 Å². The maximum Gasteiger partial charge on any atom is 0.221 e. The molecule has 0 aromatic heterocycles. The summed E-state index contributed by atoms with van der Waals surface area (Å²) in [4.78, 5) is 10.9. The summed E-state index contributed by atoms with van der Waals surface area (Å²) in [6.07, 6.45) is 1.78. The average molecular weight is 216 g/mol. The summed E-state index contributed by atoms with van der Waals surface area (Å²) in [6.45, 7) is 2.37. The highest BCUT2D eigenvalue weighted by molar-refractivity contribution is 5.75. The topological polar surface area (TPSA) is 70.6 Å². The molecule has 1 aliphatic heterocycles. The van der Waals surface area contributed by atoms with Gasteiger partial charge in [0, 0.05) is 52.6 Å². The van der Waals surface area contributed by atoms with Crippen molar-refractivity contribution in [3.05, 3.63) is 0 Å². The number of carbonyl (C=O) groups excluding carboxylic acids is 1. The van der Waals surface area contributed by atoms with E-state index in [1.807, 2.05) is 0 Å². The largest absolute Gasteiger partial charge is 0.388 e. The van der Waals surface area contributed by atoms with Crippen molar-refractivity contribution in [2.45, 2.75) is 24.9 Å². The highest BCUT2D eigenvalue weighted by atomic mass is 16.5. The minimum atomic E-state index is -0.652. The molecule has 0 spiro atoms. The lowest BCUT2D eigenvalue weighted by atomic mass is 9.94. The van der Waals surface area contributed by atoms with E-state index in [-0.39, 0.29) is 5.91 Å². The highest BCUT2D eigenvalue weighted by Crippen LogP contribution is 2.18. The Balaban J connectivity index is 2.10. The molecule has 0 atom stereocenters. The summed E-state index contributed by atoms with van der Waals surface area (Å²) in [7, 11) is 1.62. The molecule has 1 aliphatic rings. The van der Waals surface area contributed by atoms with Crippen LogP contribution in [0.1, 0.15) is 19.3 Å². The van der Waals surface area contributed by atoms with Gasteiger partial charge in [0.1, 0.15) is 0 Å². The van der Waals surface area contributed by atoms with Gasteiger partial charge in [0.2, 0.25) is 5.91 Å². The molecule has 0 unspecified atom stereocenters. The van der Waals surface area contributed by atoms with Gasteiger partial charge in [-0.05, 0) is 0 Å². The predicted octanol–water partition coefficient (Wildman–Crippen LogP) is -0.746. The first kappa shape index (κ1) is 12.4. The first-order valence-electron chi connectivity index (χ1n) is 5.38. The third-order valence-corrected chi connectivity index (χ3v) is 2.69. The lowest BCUT2D eigenvalue weighted by Gasteiger charge is -2.32. The van der Waals surface area contributed by atoms with Gasteiger partial charge in [-0.15, -0.1) is 0 Å². The van der Waals surface area contributed by atoms with Crippen molar-refractivity contribution >= 4 is 5.91 Å². The van der Waals surface area contributed by atoms with Gasteiger partial charge in [-0.25, -0.2) is 0 Å². The van der Waals surface area contributed by atoms with Gasteiger partial charge in [0.05, 0.1) is 5.60 Å². The van der Waals surface area contributed by atoms with Crippen molar-refractivity contribution in [2.75, 3.05) is 33.4 Å². The molecule has 0 bridgehead atoms. The Labute approximate surface area is 90.2 Å². The summed E-state index contributed by atoms with van der Waals surface area (Å²) < 4.78 is 5.17. The molecule has 1 rings (SSSR count). The van der Waals surface area contributed by atoms with Crippen LogP contribution in [-0.2, 0) is 9.53 Å². The molecule has 5 heteroatoms. The van der Waals surface area contributed by atoms with Crippen LogP contribution in [0.2, 0.25) is 0 Å². The Morgan fingerprint density at radius 1 is 1.47 bits per heavy atom. The number of hydrogen-bond acceptors (Lipinski definition) is 4. The predicted molar refractivity (Wildman–Crippen MR) is 56.6 cm³/mol. The molecule has 1 fully saturated rings. The molecule has 1 amide bonds. The standard InChI is InChI=1S/C10H20N2O3/c1-11-9(13)2-5-12-8-10(14)3-6-15-7-4-10/h12,14H,2-8H2,1H3,(H,11,13). The molecular formula is C10H20N2O3. The van der Waals surface area contributed by atoms with E-state index in [0.29, 0.717) is 45.6 Å². The Hall–Kier alpha value is -0.650. The monoisotopic (exact) mass is 216 g/mol. The molecule has 1 saturated heterocycles. The lowest BCUT2D eigenvalue weighted by molar-refractivity contribution is -0.120. The molecular weight excluding hydrogens is 196 g/mol. The average Bonchev–Trinajstić information content (AvgIpc) is 2.25. The molecule has 0 saturated carbocycles. The van der Waals surface area contributed by atoms with Crippen LogP contribution in [0.25, 0.3) is 0 Å². The number of aliphatic hydroxyl groups is 1. The number of amides is 1. The minimum absolute atomic E-state index is 0.0152. The van der Waals surface area contributed by atoms with Crippen LogP contribution in [0.4, 0.5) is 0 Å². The molecule has 15 heavy (non-hydrogen) atoms. The van der Waals surface area contributed by atoms with E-state index < -0.39 is 5.60 Å². The van der Waals surface area contributed by atoms with Crippen molar-refractivity contribution < 1.29 is 14.6 Å². The van der Waals surface area contributed by atoms with E-state index in [9.17, 15) is 9.90 Å². The van der Waals surface area contributed by atoms with E-state index in [0.717, 1.165) is 0 Å². The number of hydrogen-bond donors (Lipinski definition) is 3. The first-order chi connectivity index (χ1) is 7.16. The van der Waals surface area contributed by atoms with Crippen LogP contribution in [0.5, 0.6) is 0 Å².